The van der Waals surface area contributed by atoms with Gasteiger partial charge in [0.05, 0.1) is 37.1 Å². The van der Waals surface area contributed by atoms with Crippen LogP contribution in [0.1, 0.15) is 35.0 Å². The summed E-state index contributed by atoms with van der Waals surface area (Å²) in [6, 6.07) is 4.38. The molecule has 0 radical (unpaired) electrons. The second-order valence-electron chi connectivity index (χ2n) is 8.07. The first-order valence-electron chi connectivity index (χ1n) is 10.4. The second kappa shape index (κ2) is 9.44. The largest absolute Gasteiger partial charge is 0.507 e. The molecule has 9 heteroatoms. The Kier molecular flexibility index (Phi) is 6.88. The predicted octanol–water partition coefficient (Wildman–Crippen LogP) is 2.42. The van der Waals surface area contributed by atoms with Gasteiger partial charge in [0.25, 0.3) is 11.7 Å². The van der Waals surface area contributed by atoms with E-state index in [2.05, 4.69) is 10.2 Å². The van der Waals surface area contributed by atoms with Crippen molar-refractivity contribution in [3.05, 3.63) is 46.3 Å². The highest BCUT2D eigenvalue weighted by Crippen LogP contribution is 2.44. The fourth-order valence-electron chi connectivity index (χ4n) is 4.08. The summed E-state index contributed by atoms with van der Waals surface area (Å²) >= 11 is 0. The highest BCUT2D eigenvalue weighted by Gasteiger charge is 2.47. The Morgan fingerprint density at radius 2 is 1.94 bits per heavy atom. The molecule has 3 rings (SSSR count). The monoisotopic (exact) mass is 442 g/mol. The van der Waals surface area contributed by atoms with Gasteiger partial charge in [-0.1, -0.05) is 0 Å². The van der Waals surface area contributed by atoms with Crippen molar-refractivity contribution in [2.24, 2.45) is 0 Å². The minimum Gasteiger partial charge on any atom is -0.507 e. The number of rotatable bonds is 8. The zero-order valence-electron chi connectivity index (χ0n) is 19.4. The predicted molar refractivity (Wildman–Crippen MR) is 120 cm³/mol. The average molecular weight is 443 g/mol. The summed E-state index contributed by atoms with van der Waals surface area (Å²) in [4.78, 5) is 29.8. The van der Waals surface area contributed by atoms with E-state index in [1.165, 1.54) is 19.1 Å². The maximum Gasteiger partial charge on any atom is 0.295 e. The van der Waals surface area contributed by atoms with Crippen LogP contribution < -0.4 is 9.47 Å². The summed E-state index contributed by atoms with van der Waals surface area (Å²) in [5, 5.41) is 18.2. The van der Waals surface area contributed by atoms with Crippen molar-refractivity contribution in [3.63, 3.8) is 0 Å². The molecule has 1 aliphatic heterocycles. The van der Waals surface area contributed by atoms with E-state index in [1.54, 1.807) is 32.0 Å². The molecular formula is C23H30N4O5. The number of nitrogens with one attached hydrogen (secondary N) is 1. The number of methoxy groups -OCH3 is 2. The molecule has 0 bridgehead atoms. The highest BCUT2D eigenvalue weighted by atomic mass is 16.5. The fourth-order valence-corrected chi connectivity index (χ4v) is 4.08. The molecule has 0 spiro atoms. The summed E-state index contributed by atoms with van der Waals surface area (Å²) in [6.07, 6.45) is 0.659. The summed E-state index contributed by atoms with van der Waals surface area (Å²) in [5.41, 5.74) is 2.14. The van der Waals surface area contributed by atoms with Gasteiger partial charge >= 0.3 is 0 Å². The zero-order chi connectivity index (χ0) is 23.6. The van der Waals surface area contributed by atoms with Crippen LogP contribution in [0, 0.1) is 13.8 Å². The van der Waals surface area contributed by atoms with Crippen molar-refractivity contribution in [3.8, 4) is 11.5 Å². The molecule has 0 aliphatic carbocycles. The Hall–Kier alpha value is -3.33. The van der Waals surface area contributed by atoms with E-state index in [9.17, 15) is 14.7 Å². The number of Topliss-reactive ketones (excluding diaryl/α,β-unsaturated/α-hetero) is 1. The lowest BCUT2D eigenvalue weighted by Gasteiger charge is -2.27. The molecule has 1 aromatic heterocycles. The van der Waals surface area contributed by atoms with E-state index >= 15 is 0 Å². The van der Waals surface area contributed by atoms with Gasteiger partial charge in [-0.25, -0.2) is 0 Å². The van der Waals surface area contributed by atoms with E-state index in [-0.39, 0.29) is 11.3 Å². The number of likely N-dealkylation sites (tertiary alicyclic amines) is 1. The smallest absolute Gasteiger partial charge is 0.295 e. The molecule has 2 heterocycles. The number of benzene rings is 1. The number of aliphatic hydroxyl groups is 1. The van der Waals surface area contributed by atoms with Gasteiger partial charge < -0.3 is 24.4 Å². The molecule has 0 unspecified atom stereocenters. The number of ether oxygens (including phenoxy) is 2. The van der Waals surface area contributed by atoms with Crippen LogP contribution in [0.25, 0.3) is 5.76 Å². The van der Waals surface area contributed by atoms with Gasteiger partial charge in [0, 0.05) is 17.8 Å². The summed E-state index contributed by atoms with van der Waals surface area (Å²) in [7, 11) is 6.95. The fraction of sp³-hybridized carbons (Fsp3) is 0.435. The van der Waals surface area contributed by atoms with E-state index in [0.29, 0.717) is 47.0 Å². The van der Waals surface area contributed by atoms with Crippen LogP contribution >= 0.6 is 0 Å². The lowest BCUT2D eigenvalue weighted by molar-refractivity contribution is -0.140. The van der Waals surface area contributed by atoms with Crippen LogP contribution in [0.15, 0.2) is 23.8 Å². The number of aryl methyl sites for hydroxylation is 2. The van der Waals surface area contributed by atoms with Crippen LogP contribution in [-0.4, -0.2) is 78.2 Å². The number of amides is 1. The third kappa shape index (κ3) is 4.20. The van der Waals surface area contributed by atoms with Gasteiger partial charge in [0.2, 0.25) is 0 Å². The highest BCUT2D eigenvalue weighted by molar-refractivity contribution is 6.46. The molecule has 9 nitrogen and oxygen atoms in total. The molecule has 2 aromatic rings. The van der Waals surface area contributed by atoms with Crippen molar-refractivity contribution in [1.82, 2.24) is 20.0 Å². The first kappa shape index (κ1) is 23.3. The minimum atomic E-state index is -0.823. The van der Waals surface area contributed by atoms with Gasteiger partial charge in [-0.15, -0.1) is 0 Å². The van der Waals surface area contributed by atoms with Crippen molar-refractivity contribution in [2.45, 2.75) is 26.3 Å². The minimum absolute atomic E-state index is 0.0130. The van der Waals surface area contributed by atoms with E-state index < -0.39 is 17.7 Å². The number of hydrogen-bond acceptors (Lipinski definition) is 7. The van der Waals surface area contributed by atoms with Crippen LogP contribution in [0.5, 0.6) is 11.5 Å². The van der Waals surface area contributed by atoms with Crippen molar-refractivity contribution in [1.29, 1.82) is 0 Å². The number of carbonyl (C=O) groups excluding carboxylic acids is 2. The molecule has 1 aliphatic rings. The lowest BCUT2D eigenvalue weighted by atomic mass is 9.94. The van der Waals surface area contributed by atoms with Gasteiger partial charge in [-0.05, 0) is 59.1 Å². The molecule has 1 atom stereocenters. The Bertz CT molecular complexity index is 1040. The second-order valence-corrected chi connectivity index (χ2v) is 8.07. The number of carbonyl (C=O) groups is 2. The molecule has 2 N–H and O–H groups in total. The molecule has 32 heavy (non-hydrogen) atoms. The maximum atomic E-state index is 13.2. The van der Waals surface area contributed by atoms with Gasteiger partial charge in [-0.2, -0.15) is 5.10 Å². The first-order chi connectivity index (χ1) is 15.2. The number of hydrogen-bond donors (Lipinski definition) is 2. The molecule has 1 aromatic carbocycles. The van der Waals surface area contributed by atoms with Crippen LogP contribution in [-0.2, 0) is 9.59 Å². The molecular weight excluding hydrogens is 412 g/mol. The lowest BCUT2D eigenvalue weighted by Crippen LogP contribution is -2.32. The van der Waals surface area contributed by atoms with Crippen molar-refractivity contribution >= 4 is 17.4 Å². The average Bonchev–Trinajstić information content (AvgIpc) is 3.23. The molecule has 1 fully saturated rings. The quantitative estimate of drug-likeness (QED) is 0.367. The Labute approximate surface area is 187 Å². The standard InChI is InChI=1S/C23H30N4O5/c1-13-18(14(2)25-24-13)21(28)19-20(16-12-15(31-5)8-9-17(16)32-6)27(23(30)22(19)29)11-7-10-26(3)4/h8-9,12,20,28H,7,10-11H2,1-6H3,(H,24,25)/t20-/m1/s1. The Morgan fingerprint density at radius 1 is 1.22 bits per heavy atom. The first-order valence-corrected chi connectivity index (χ1v) is 10.4. The third-order valence-corrected chi connectivity index (χ3v) is 5.64. The molecule has 1 saturated heterocycles. The molecule has 1 amide bonds. The van der Waals surface area contributed by atoms with Gasteiger partial charge in [-0.3, -0.25) is 14.7 Å². The normalized spacial score (nSPS) is 18.0. The Morgan fingerprint density at radius 3 is 2.50 bits per heavy atom. The van der Waals surface area contributed by atoms with E-state index in [0.717, 1.165) is 6.54 Å². The topological polar surface area (TPSA) is 108 Å². The third-order valence-electron chi connectivity index (χ3n) is 5.64. The number of nitrogens with zero attached hydrogens (tertiary/aromatic N) is 3. The van der Waals surface area contributed by atoms with Gasteiger partial charge in [0.1, 0.15) is 17.3 Å². The SMILES string of the molecule is COc1ccc(OC)c([C@@H]2C(=C(O)c3c(C)n[nH]c3C)C(=O)C(=O)N2CCCN(C)C)c1. The van der Waals surface area contributed by atoms with E-state index in [1.807, 2.05) is 19.0 Å². The van der Waals surface area contributed by atoms with Gasteiger partial charge in [0.15, 0.2) is 0 Å². The zero-order valence-corrected chi connectivity index (χ0v) is 19.4. The summed E-state index contributed by atoms with van der Waals surface area (Å²) in [6.45, 7) is 4.56. The summed E-state index contributed by atoms with van der Waals surface area (Å²) in [5.74, 6) is -0.601. The number of aliphatic hydroxyl groups excluding tert-OH is 1. The van der Waals surface area contributed by atoms with Crippen LogP contribution in [0.2, 0.25) is 0 Å². The number of aromatic amines is 1. The van der Waals surface area contributed by atoms with Crippen LogP contribution in [0.4, 0.5) is 0 Å². The molecule has 0 saturated carbocycles. The number of H-pyrrole nitrogens is 1. The van der Waals surface area contributed by atoms with Crippen molar-refractivity contribution in [2.75, 3.05) is 41.4 Å². The molecule has 172 valence electrons. The van der Waals surface area contributed by atoms with E-state index in [4.69, 9.17) is 9.47 Å². The van der Waals surface area contributed by atoms with Crippen molar-refractivity contribution < 1.29 is 24.2 Å². The summed E-state index contributed by atoms with van der Waals surface area (Å²) < 4.78 is 10.9. The number of aromatic nitrogens is 2. The maximum absolute atomic E-state index is 13.2. The van der Waals surface area contributed by atoms with Crippen LogP contribution in [0.3, 0.4) is 0 Å². The number of ketones is 1. The Balaban J connectivity index is 2.22.